The molecule has 0 aliphatic heterocycles. The summed E-state index contributed by atoms with van der Waals surface area (Å²) in [6, 6.07) is 4.99. The number of aryl methyl sites for hydroxylation is 1. The van der Waals surface area contributed by atoms with Crippen molar-refractivity contribution in [3.05, 3.63) is 39.8 Å². The molecule has 20 heavy (non-hydrogen) atoms. The number of rotatable bonds is 5. The summed E-state index contributed by atoms with van der Waals surface area (Å²) in [5, 5.41) is 5.88. The fourth-order valence-electron chi connectivity index (χ4n) is 1.78. The van der Waals surface area contributed by atoms with Crippen molar-refractivity contribution in [3.63, 3.8) is 0 Å². The van der Waals surface area contributed by atoms with Gasteiger partial charge in [-0.2, -0.15) is 0 Å². The second-order valence-electron chi connectivity index (χ2n) is 4.35. The van der Waals surface area contributed by atoms with Crippen LogP contribution in [0.4, 0.5) is 5.69 Å². The summed E-state index contributed by atoms with van der Waals surface area (Å²) in [7, 11) is 1.54. The van der Waals surface area contributed by atoms with Crippen LogP contribution in [0.25, 0.3) is 0 Å². The highest BCUT2D eigenvalue weighted by Gasteiger charge is 2.08. The third-order valence-electron chi connectivity index (χ3n) is 2.78. The van der Waals surface area contributed by atoms with Crippen molar-refractivity contribution in [1.82, 2.24) is 10.3 Å². The maximum absolute atomic E-state index is 12.0. The van der Waals surface area contributed by atoms with Crippen LogP contribution in [0.1, 0.15) is 21.1 Å². The monoisotopic (exact) mass is 291 g/mol. The lowest BCUT2D eigenvalue weighted by Crippen LogP contribution is -2.25. The van der Waals surface area contributed by atoms with Gasteiger partial charge in [0.2, 0.25) is 0 Å². The number of amides is 1. The number of ether oxygens (including phenoxy) is 1. The molecule has 0 bridgehead atoms. The minimum Gasteiger partial charge on any atom is -0.495 e. The van der Waals surface area contributed by atoms with Crippen LogP contribution in [-0.2, 0) is 6.42 Å². The number of nitrogens with zero attached hydrogens (tertiary/aromatic N) is 1. The number of aromatic nitrogens is 1. The molecule has 2 rings (SSSR count). The molecule has 0 radical (unpaired) electrons. The van der Waals surface area contributed by atoms with Crippen molar-refractivity contribution in [2.45, 2.75) is 13.3 Å². The summed E-state index contributed by atoms with van der Waals surface area (Å²) in [6.45, 7) is 2.51. The molecule has 106 valence electrons. The Bertz CT molecular complexity index is 610. The molecule has 0 unspecified atom stereocenters. The molecule has 0 aliphatic carbocycles. The van der Waals surface area contributed by atoms with Crippen molar-refractivity contribution in [3.8, 4) is 5.75 Å². The van der Waals surface area contributed by atoms with Crippen LogP contribution in [-0.4, -0.2) is 24.5 Å². The van der Waals surface area contributed by atoms with Gasteiger partial charge in [0.05, 0.1) is 17.8 Å². The summed E-state index contributed by atoms with van der Waals surface area (Å²) in [5.41, 5.74) is 7.77. The Morgan fingerprint density at radius 1 is 1.50 bits per heavy atom. The summed E-state index contributed by atoms with van der Waals surface area (Å²) in [6.07, 6.45) is 0.732. The second-order valence-corrected chi connectivity index (χ2v) is 5.29. The highest BCUT2D eigenvalue weighted by atomic mass is 32.1. The van der Waals surface area contributed by atoms with Crippen molar-refractivity contribution >= 4 is 22.9 Å². The van der Waals surface area contributed by atoms with E-state index in [0.29, 0.717) is 23.5 Å². The van der Waals surface area contributed by atoms with Gasteiger partial charge in [-0.1, -0.05) is 0 Å². The fourth-order valence-corrected chi connectivity index (χ4v) is 2.55. The van der Waals surface area contributed by atoms with E-state index in [1.807, 2.05) is 12.3 Å². The molecule has 0 aliphatic rings. The van der Waals surface area contributed by atoms with Crippen LogP contribution < -0.4 is 15.8 Å². The fraction of sp³-hybridized carbons (Fsp3) is 0.286. The number of nitrogen functional groups attached to an aromatic ring is 1. The molecule has 5 nitrogen and oxygen atoms in total. The van der Waals surface area contributed by atoms with Crippen molar-refractivity contribution in [1.29, 1.82) is 0 Å². The lowest BCUT2D eigenvalue weighted by atomic mass is 10.1. The molecule has 0 saturated carbocycles. The van der Waals surface area contributed by atoms with Gasteiger partial charge in [0.25, 0.3) is 5.91 Å². The van der Waals surface area contributed by atoms with Crippen LogP contribution in [0.2, 0.25) is 0 Å². The molecule has 0 saturated heterocycles. The first-order valence-electron chi connectivity index (χ1n) is 6.23. The minimum absolute atomic E-state index is 0.146. The Labute approximate surface area is 121 Å². The molecule has 1 amide bonds. The Morgan fingerprint density at radius 3 is 2.90 bits per heavy atom. The van der Waals surface area contributed by atoms with E-state index in [9.17, 15) is 4.79 Å². The number of anilines is 1. The molecule has 2 aromatic rings. The second kappa shape index (κ2) is 6.38. The molecule has 1 heterocycles. The summed E-state index contributed by atoms with van der Waals surface area (Å²) < 4.78 is 5.06. The standard InChI is InChI=1S/C14H17N3O2S/c1-9-8-20-13(17-9)5-6-16-14(18)10-3-4-12(19-2)11(15)7-10/h3-4,7-8H,5-6,15H2,1-2H3,(H,16,18). The largest absolute Gasteiger partial charge is 0.495 e. The zero-order chi connectivity index (χ0) is 14.5. The summed E-state index contributed by atoms with van der Waals surface area (Å²) in [4.78, 5) is 16.3. The first kappa shape index (κ1) is 14.3. The number of nitrogens with two attached hydrogens (primary N) is 1. The topological polar surface area (TPSA) is 77.2 Å². The molecular formula is C14H17N3O2S. The first-order valence-corrected chi connectivity index (χ1v) is 7.11. The Morgan fingerprint density at radius 2 is 2.30 bits per heavy atom. The average Bonchev–Trinajstić information content (AvgIpc) is 2.84. The number of thiazole rings is 1. The van der Waals surface area contributed by atoms with Crippen LogP contribution in [0.3, 0.4) is 0 Å². The van der Waals surface area contributed by atoms with Crippen molar-refractivity contribution < 1.29 is 9.53 Å². The average molecular weight is 291 g/mol. The summed E-state index contributed by atoms with van der Waals surface area (Å²) in [5.74, 6) is 0.424. The lowest BCUT2D eigenvalue weighted by molar-refractivity contribution is 0.0954. The van der Waals surface area contributed by atoms with Crippen molar-refractivity contribution in [2.75, 3.05) is 19.4 Å². The molecule has 6 heteroatoms. The Hall–Kier alpha value is -2.08. The van der Waals surface area contributed by atoms with Crippen molar-refractivity contribution in [2.24, 2.45) is 0 Å². The molecular weight excluding hydrogens is 274 g/mol. The number of nitrogens with one attached hydrogen (secondary N) is 1. The van der Waals surface area contributed by atoms with Gasteiger partial charge >= 0.3 is 0 Å². The van der Waals surface area contributed by atoms with Gasteiger partial charge in [0.15, 0.2) is 0 Å². The minimum atomic E-state index is -0.146. The zero-order valence-corrected chi connectivity index (χ0v) is 12.3. The van der Waals surface area contributed by atoms with E-state index in [-0.39, 0.29) is 5.91 Å². The number of benzene rings is 1. The smallest absolute Gasteiger partial charge is 0.251 e. The van der Waals surface area contributed by atoms with Gasteiger partial charge < -0.3 is 15.8 Å². The van der Waals surface area contributed by atoms with E-state index in [1.54, 1.807) is 36.6 Å². The predicted octanol–water partition coefficient (Wildman–Crippen LogP) is 2.01. The van der Waals surface area contributed by atoms with E-state index >= 15 is 0 Å². The van der Waals surface area contributed by atoms with Gasteiger partial charge in [-0.3, -0.25) is 4.79 Å². The maximum Gasteiger partial charge on any atom is 0.251 e. The molecule has 0 fully saturated rings. The van der Waals surface area contributed by atoms with Gasteiger partial charge in [-0.05, 0) is 25.1 Å². The van der Waals surface area contributed by atoms with E-state index in [0.717, 1.165) is 17.1 Å². The number of methoxy groups -OCH3 is 1. The van der Waals surface area contributed by atoms with Crippen LogP contribution in [0.5, 0.6) is 5.75 Å². The van der Waals surface area contributed by atoms with E-state index in [2.05, 4.69) is 10.3 Å². The maximum atomic E-state index is 12.0. The van der Waals surface area contributed by atoms with Gasteiger partial charge in [-0.15, -0.1) is 11.3 Å². The molecule has 3 N–H and O–H groups in total. The van der Waals surface area contributed by atoms with Crippen LogP contribution in [0.15, 0.2) is 23.6 Å². The lowest BCUT2D eigenvalue weighted by Gasteiger charge is -2.07. The van der Waals surface area contributed by atoms with E-state index in [4.69, 9.17) is 10.5 Å². The Balaban J connectivity index is 1.90. The van der Waals surface area contributed by atoms with Gasteiger partial charge in [0, 0.05) is 29.6 Å². The SMILES string of the molecule is COc1ccc(C(=O)NCCc2nc(C)cs2)cc1N. The molecule has 0 atom stereocenters. The molecule has 1 aromatic carbocycles. The number of hydrogen-bond acceptors (Lipinski definition) is 5. The molecule has 1 aromatic heterocycles. The highest BCUT2D eigenvalue weighted by molar-refractivity contribution is 7.09. The van der Waals surface area contributed by atoms with Gasteiger partial charge in [-0.25, -0.2) is 4.98 Å². The number of carbonyl (C=O) groups is 1. The highest BCUT2D eigenvalue weighted by Crippen LogP contribution is 2.21. The summed E-state index contributed by atoms with van der Waals surface area (Å²) >= 11 is 1.61. The number of carbonyl (C=O) groups excluding carboxylic acids is 1. The molecule has 0 spiro atoms. The van der Waals surface area contributed by atoms with Crippen LogP contribution in [0, 0.1) is 6.92 Å². The quantitative estimate of drug-likeness (QED) is 0.826. The van der Waals surface area contributed by atoms with E-state index in [1.165, 1.54) is 0 Å². The number of hydrogen-bond donors (Lipinski definition) is 2. The zero-order valence-electron chi connectivity index (χ0n) is 11.5. The first-order chi connectivity index (χ1) is 9.60. The third kappa shape index (κ3) is 3.48. The Kier molecular flexibility index (Phi) is 4.57. The normalized spacial score (nSPS) is 10.3. The van der Waals surface area contributed by atoms with E-state index < -0.39 is 0 Å². The van der Waals surface area contributed by atoms with Crippen LogP contribution >= 0.6 is 11.3 Å². The third-order valence-corrected chi connectivity index (χ3v) is 3.81. The van der Waals surface area contributed by atoms with Gasteiger partial charge in [0.1, 0.15) is 5.75 Å². The predicted molar refractivity (Wildman–Crippen MR) is 80.3 cm³/mol.